The van der Waals surface area contributed by atoms with Crippen LogP contribution in [-0.4, -0.2) is 12.5 Å². The zero-order chi connectivity index (χ0) is 15.2. The lowest BCUT2D eigenvalue weighted by atomic mass is 10.1. The summed E-state index contributed by atoms with van der Waals surface area (Å²) in [7, 11) is 0. The summed E-state index contributed by atoms with van der Waals surface area (Å²) < 4.78 is 6.53. The molecule has 0 aliphatic rings. The zero-order valence-electron chi connectivity index (χ0n) is 12.1. The number of halogens is 1. The number of carbonyl (C=O) groups excluding carboxylic acids is 1. The molecule has 0 spiro atoms. The van der Waals surface area contributed by atoms with E-state index in [-0.39, 0.29) is 11.9 Å². The van der Waals surface area contributed by atoms with Crippen molar-refractivity contribution in [3.8, 4) is 5.75 Å². The summed E-state index contributed by atoms with van der Waals surface area (Å²) >= 11 is 2.22. The Morgan fingerprint density at radius 3 is 2.33 bits per heavy atom. The summed E-state index contributed by atoms with van der Waals surface area (Å²) in [5.41, 5.74) is 1.73. The predicted molar refractivity (Wildman–Crippen MR) is 92.7 cm³/mol. The van der Waals surface area contributed by atoms with Crippen molar-refractivity contribution >= 4 is 28.5 Å². The molecule has 2 rings (SSSR count). The number of amides is 1. The highest BCUT2D eigenvalue weighted by molar-refractivity contribution is 14.1. The molecule has 0 aliphatic heterocycles. The lowest BCUT2D eigenvalue weighted by Gasteiger charge is -2.15. The van der Waals surface area contributed by atoms with Crippen molar-refractivity contribution in [2.24, 2.45) is 0 Å². The van der Waals surface area contributed by atoms with Crippen LogP contribution in [0.3, 0.4) is 0 Å². The molecule has 0 heterocycles. The molecule has 2 aromatic carbocycles. The molecule has 0 radical (unpaired) electrons. The summed E-state index contributed by atoms with van der Waals surface area (Å²) in [5.74, 6) is 0.783. The maximum atomic E-state index is 12.2. The molecule has 0 saturated heterocycles. The first-order valence-electron chi connectivity index (χ1n) is 6.89. The number of carbonyl (C=O) groups is 1. The van der Waals surface area contributed by atoms with Crippen LogP contribution in [0.2, 0.25) is 0 Å². The first kappa shape index (κ1) is 15.8. The van der Waals surface area contributed by atoms with Crippen LogP contribution in [-0.2, 0) is 0 Å². The van der Waals surface area contributed by atoms with E-state index < -0.39 is 0 Å². The molecule has 1 atom stereocenters. The Kier molecular flexibility index (Phi) is 5.61. The summed E-state index contributed by atoms with van der Waals surface area (Å²) in [6.45, 7) is 4.58. The Morgan fingerprint density at radius 1 is 1.14 bits per heavy atom. The van der Waals surface area contributed by atoms with Gasteiger partial charge in [0.15, 0.2) is 0 Å². The van der Waals surface area contributed by atoms with Gasteiger partial charge in [-0.1, -0.05) is 12.1 Å². The molecule has 0 fully saturated rings. The van der Waals surface area contributed by atoms with Crippen molar-refractivity contribution in [1.82, 2.24) is 5.32 Å². The van der Waals surface area contributed by atoms with Crippen molar-refractivity contribution in [2.75, 3.05) is 6.61 Å². The van der Waals surface area contributed by atoms with E-state index in [1.807, 2.05) is 62.4 Å². The van der Waals surface area contributed by atoms with E-state index in [2.05, 4.69) is 27.9 Å². The molecule has 0 unspecified atom stereocenters. The highest BCUT2D eigenvalue weighted by atomic mass is 127. The Morgan fingerprint density at radius 2 is 1.76 bits per heavy atom. The van der Waals surface area contributed by atoms with E-state index in [1.54, 1.807) is 0 Å². The number of hydrogen-bond donors (Lipinski definition) is 1. The van der Waals surface area contributed by atoms with Crippen LogP contribution in [0.15, 0.2) is 48.5 Å². The SMILES string of the molecule is CCOc1ccc([C@H](C)NC(=O)c2ccc(I)cc2)cc1. The molecule has 0 aliphatic carbocycles. The van der Waals surface area contributed by atoms with Gasteiger partial charge in [-0.25, -0.2) is 0 Å². The first-order valence-corrected chi connectivity index (χ1v) is 7.97. The van der Waals surface area contributed by atoms with Gasteiger partial charge >= 0.3 is 0 Å². The van der Waals surface area contributed by atoms with Gasteiger partial charge in [0.05, 0.1) is 12.6 Å². The lowest BCUT2D eigenvalue weighted by molar-refractivity contribution is 0.0940. The van der Waals surface area contributed by atoms with Crippen molar-refractivity contribution < 1.29 is 9.53 Å². The molecule has 21 heavy (non-hydrogen) atoms. The van der Waals surface area contributed by atoms with Crippen molar-refractivity contribution in [3.05, 3.63) is 63.2 Å². The molecular formula is C17H18INO2. The molecule has 4 heteroatoms. The maximum absolute atomic E-state index is 12.2. The Labute approximate surface area is 138 Å². The lowest BCUT2D eigenvalue weighted by Crippen LogP contribution is -2.26. The van der Waals surface area contributed by atoms with Crippen LogP contribution in [0, 0.1) is 3.57 Å². The molecule has 1 amide bonds. The van der Waals surface area contributed by atoms with Gasteiger partial charge < -0.3 is 10.1 Å². The second-order valence-electron chi connectivity index (χ2n) is 4.70. The maximum Gasteiger partial charge on any atom is 0.251 e. The quantitative estimate of drug-likeness (QED) is 0.772. The van der Waals surface area contributed by atoms with Gasteiger partial charge in [0.1, 0.15) is 5.75 Å². The van der Waals surface area contributed by atoms with Gasteiger partial charge in [-0.05, 0) is 78.4 Å². The van der Waals surface area contributed by atoms with E-state index in [1.165, 1.54) is 0 Å². The topological polar surface area (TPSA) is 38.3 Å². The fraction of sp³-hybridized carbons (Fsp3) is 0.235. The third-order valence-corrected chi connectivity index (χ3v) is 3.86. The van der Waals surface area contributed by atoms with E-state index in [4.69, 9.17) is 4.74 Å². The normalized spacial score (nSPS) is 11.8. The van der Waals surface area contributed by atoms with Crippen LogP contribution in [0.4, 0.5) is 0 Å². The summed E-state index contributed by atoms with van der Waals surface area (Å²) in [6, 6.07) is 15.3. The van der Waals surface area contributed by atoms with Gasteiger partial charge in [0, 0.05) is 9.13 Å². The third kappa shape index (κ3) is 4.46. The van der Waals surface area contributed by atoms with Gasteiger partial charge in [0.2, 0.25) is 0 Å². The Balaban J connectivity index is 2.01. The summed E-state index contributed by atoms with van der Waals surface area (Å²) in [5, 5.41) is 3.00. The van der Waals surface area contributed by atoms with E-state index in [0.717, 1.165) is 14.9 Å². The van der Waals surface area contributed by atoms with Gasteiger partial charge in [-0.2, -0.15) is 0 Å². The first-order chi connectivity index (χ1) is 10.1. The molecule has 1 N–H and O–H groups in total. The van der Waals surface area contributed by atoms with Crippen LogP contribution in [0.1, 0.15) is 35.8 Å². The minimum absolute atomic E-state index is 0.0487. The van der Waals surface area contributed by atoms with Gasteiger partial charge in [-0.15, -0.1) is 0 Å². The van der Waals surface area contributed by atoms with E-state index in [9.17, 15) is 4.79 Å². The molecule has 2 aromatic rings. The van der Waals surface area contributed by atoms with Gasteiger partial charge in [-0.3, -0.25) is 4.79 Å². The average molecular weight is 395 g/mol. The molecule has 0 bridgehead atoms. The summed E-state index contributed by atoms with van der Waals surface area (Å²) in [4.78, 5) is 12.2. The number of nitrogens with one attached hydrogen (secondary N) is 1. The van der Waals surface area contributed by atoms with Crippen LogP contribution in [0.25, 0.3) is 0 Å². The zero-order valence-corrected chi connectivity index (χ0v) is 14.3. The van der Waals surface area contributed by atoms with Crippen LogP contribution < -0.4 is 10.1 Å². The minimum atomic E-state index is -0.0622. The highest BCUT2D eigenvalue weighted by Gasteiger charge is 2.11. The van der Waals surface area contributed by atoms with E-state index in [0.29, 0.717) is 12.2 Å². The van der Waals surface area contributed by atoms with Crippen LogP contribution in [0.5, 0.6) is 5.75 Å². The predicted octanol–water partition coefficient (Wildman–Crippen LogP) is 4.18. The van der Waals surface area contributed by atoms with Crippen LogP contribution >= 0.6 is 22.6 Å². The Bertz CT molecular complexity index is 593. The molecule has 110 valence electrons. The second-order valence-corrected chi connectivity index (χ2v) is 5.95. The largest absolute Gasteiger partial charge is 0.494 e. The monoisotopic (exact) mass is 395 g/mol. The number of benzene rings is 2. The summed E-state index contributed by atoms with van der Waals surface area (Å²) in [6.07, 6.45) is 0. The fourth-order valence-corrected chi connectivity index (χ4v) is 2.34. The average Bonchev–Trinajstić information content (AvgIpc) is 2.49. The molecule has 0 aromatic heterocycles. The second kappa shape index (κ2) is 7.45. The number of rotatable bonds is 5. The minimum Gasteiger partial charge on any atom is -0.494 e. The van der Waals surface area contributed by atoms with Gasteiger partial charge in [0.25, 0.3) is 5.91 Å². The third-order valence-electron chi connectivity index (χ3n) is 3.15. The van der Waals surface area contributed by atoms with Crippen molar-refractivity contribution in [1.29, 1.82) is 0 Å². The molecule has 0 saturated carbocycles. The van der Waals surface area contributed by atoms with E-state index >= 15 is 0 Å². The van der Waals surface area contributed by atoms with Crippen molar-refractivity contribution in [3.63, 3.8) is 0 Å². The smallest absolute Gasteiger partial charge is 0.251 e. The van der Waals surface area contributed by atoms with Crippen molar-refractivity contribution in [2.45, 2.75) is 19.9 Å². The Hall–Kier alpha value is -1.56. The standard InChI is InChI=1S/C17H18INO2/c1-3-21-16-10-6-13(7-11-16)12(2)19-17(20)14-4-8-15(18)9-5-14/h4-12H,3H2,1-2H3,(H,19,20)/t12-/m0/s1. The number of ether oxygens (including phenoxy) is 1. The number of hydrogen-bond acceptors (Lipinski definition) is 2. The highest BCUT2D eigenvalue weighted by Crippen LogP contribution is 2.18. The molecular weight excluding hydrogens is 377 g/mol. The fourth-order valence-electron chi connectivity index (χ4n) is 1.98. The molecule has 3 nitrogen and oxygen atoms in total.